The van der Waals surface area contributed by atoms with Gasteiger partial charge in [-0.1, -0.05) is 5.16 Å². The molecule has 1 fully saturated rings. The summed E-state index contributed by atoms with van der Waals surface area (Å²) < 4.78 is 5.04. The van der Waals surface area contributed by atoms with Crippen molar-refractivity contribution in [1.82, 2.24) is 10.1 Å². The highest BCUT2D eigenvalue weighted by Crippen LogP contribution is 2.38. The van der Waals surface area contributed by atoms with E-state index >= 15 is 0 Å². The molecule has 1 atom stereocenters. The van der Waals surface area contributed by atoms with Crippen molar-refractivity contribution in [2.75, 3.05) is 0 Å². The molecule has 2 N–H and O–H groups in total. The molecule has 1 heterocycles. The summed E-state index contributed by atoms with van der Waals surface area (Å²) in [6.07, 6.45) is 3.09. The molecule has 1 aromatic rings. The van der Waals surface area contributed by atoms with Crippen LogP contribution in [0.15, 0.2) is 4.52 Å². The lowest BCUT2D eigenvalue weighted by Crippen LogP contribution is -2.17. The summed E-state index contributed by atoms with van der Waals surface area (Å²) >= 11 is 0. The molecular formula is C8H13N3O. The van der Waals surface area contributed by atoms with E-state index < -0.39 is 0 Å². The fraction of sp³-hybridized carbons (Fsp3) is 0.750. The maximum atomic E-state index is 5.60. The first-order valence-corrected chi connectivity index (χ1v) is 4.34. The van der Waals surface area contributed by atoms with Crippen LogP contribution < -0.4 is 5.73 Å². The van der Waals surface area contributed by atoms with Crippen LogP contribution in [0.25, 0.3) is 0 Å². The maximum Gasteiger partial charge on any atom is 0.228 e. The zero-order valence-electron chi connectivity index (χ0n) is 7.16. The highest BCUT2D eigenvalue weighted by Gasteiger charge is 2.28. The van der Waals surface area contributed by atoms with Gasteiger partial charge in [-0.25, -0.2) is 0 Å². The van der Waals surface area contributed by atoms with Gasteiger partial charge in [0.05, 0.1) is 0 Å². The Morgan fingerprint density at radius 1 is 1.67 bits per heavy atom. The van der Waals surface area contributed by atoms with Gasteiger partial charge in [0, 0.05) is 18.4 Å². The van der Waals surface area contributed by atoms with Gasteiger partial charge in [-0.15, -0.1) is 0 Å². The number of aromatic nitrogens is 2. The highest BCUT2D eigenvalue weighted by molar-refractivity contribution is 5.03. The van der Waals surface area contributed by atoms with Crippen molar-refractivity contribution in [3.05, 3.63) is 11.7 Å². The number of hydrogen-bond donors (Lipinski definition) is 1. The van der Waals surface area contributed by atoms with Gasteiger partial charge in [0.2, 0.25) is 5.89 Å². The summed E-state index contributed by atoms with van der Waals surface area (Å²) in [5.74, 6) is 2.10. The standard InChI is InChI=1S/C8H13N3O/c1-5(9)4-7-10-8(11-12-7)6-2-3-6/h5-6H,2-4,9H2,1H3. The molecule has 0 aromatic carbocycles. The van der Waals surface area contributed by atoms with E-state index in [9.17, 15) is 0 Å². The Balaban J connectivity index is 2.03. The van der Waals surface area contributed by atoms with E-state index in [2.05, 4.69) is 10.1 Å². The molecular weight excluding hydrogens is 154 g/mol. The van der Waals surface area contributed by atoms with Crippen LogP contribution in [0.5, 0.6) is 0 Å². The van der Waals surface area contributed by atoms with Gasteiger partial charge in [0.15, 0.2) is 5.82 Å². The Bertz CT molecular complexity index is 265. The van der Waals surface area contributed by atoms with Gasteiger partial charge in [-0.05, 0) is 19.8 Å². The minimum absolute atomic E-state index is 0.0949. The molecule has 4 nitrogen and oxygen atoms in total. The van der Waals surface area contributed by atoms with Gasteiger partial charge >= 0.3 is 0 Å². The molecule has 12 heavy (non-hydrogen) atoms. The van der Waals surface area contributed by atoms with Crippen molar-refractivity contribution in [2.24, 2.45) is 5.73 Å². The first-order valence-electron chi connectivity index (χ1n) is 4.34. The van der Waals surface area contributed by atoms with Crippen molar-refractivity contribution < 1.29 is 4.52 Å². The first-order chi connectivity index (χ1) is 5.75. The van der Waals surface area contributed by atoms with Crippen LogP contribution in [0.3, 0.4) is 0 Å². The van der Waals surface area contributed by atoms with Crippen molar-refractivity contribution >= 4 is 0 Å². The van der Waals surface area contributed by atoms with E-state index in [0.29, 0.717) is 18.2 Å². The number of nitrogens with zero attached hydrogens (tertiary/aromatic N) is 2. The predicted octanol–water partition coefficient (Wildman–Crippen LogP) is 0.837. The minimum atomic E-state index is 0.0949. The number of rotatable bonds is 3. The summed E-state index contributed by atoms with van der Waals surface area (Å²) in [6, 6.07) is 0.0949. The third kappa shape index (κ3) is 1.64. The van der Waals surface area contributed by atoms with Crippen molar-refractivity contribution in [2.45, 2.75) is 38.1 Å². The van der Waals surface area contributed by atoms with E-state index in [0.717, 1.165) is 5.82 Å². The van der Waals surface area contributed by atoms with Gasteiger partial charge < -0.3 is 10.3 Å². The normalized spacial score (nSPS) is 19.5. The summed E-state index contributed by atoms with van der Waals surface area (Å²) in [4.78, 5) is 4.25. The van der Waals surface area contributed by atoms with Gasteiger partial charge in [0.25, 0.3) is 0 Å². The van der Waals surface area contributed by atoms with Crippen molar-refractivity contribution in [1.29, 1.82) is 0 Å². The second kappa shape index (κ2) is 2.86. The van der Waals surface area contributed by atoms with Crippen LogP contribution in [-0.4, -0.2) is 16.2 Å². The lowest BCUT2D eigenvalue weighted by atomic mass is 10.2. The smallest absolute Gasteiger partial charge is 0.228 e. The summed E-state index contributed by atoms with van der Waals surface area (Å²) in [5, 5.41) is 3.89. The molecule has 1 aromatic heterocycles. The second-order valence-electron chi connectivity index (χ2n) is 3.50. The Morgan fingerprint density at radius 2 is 2.42 bits per heavy atom. The zero-order valence-corrected chi connectivity index (χ0v) is 7.16. The zero-order chi connectivity index (χ0) is 8.55. The van der Waals surface area contributed by atoms with E-state index in [1.807, 2.05) is 6.92 Å². The van der Waals surface area contributed by atoms with Gasteiger partial charge in [-0.3, -0.25) is 0 Å². The van der Waals surface area contributed by atoms with Gasteiger partial charge in [0.1, 0.15) is 0 Å². The molecule has 1 saturated carbocycles. The van der Waals surface area contributed by atoms with E-state index in [-0.39, 0.29) is 6.04 Å². The summed E-state index contributed by atoms with van der Waals surface area (Å²) in [7, 11) is 0. The molecule has 0 spiro atoms. The molecule has 4 heteroatoms. The van der Waals surface area contributed by atoms with E-state index in [1.165, 1.54) is 12.8 Å². The highest BCUT2D eigenvalue weighted by atomic mass is 16.5. The van der Waals surface area contributed by atoms with Crippen LogP contribution in [0.2, 0.25) is 0 Å². The average Bonchev–Trinajstić information content (AvgIpc) is 2.73. The molecule has 0 saturated heterocycles. The quantitative estimate of drug-likeness (QED) is 0.724. The number of hydrogen-bond acceptors (Lipinski definition) is 4. The molecule has 1 aliphatic carbocycles. The Morgan fingerprint density at radius 3 is 3.00 bits per heavy atom. The largest absolute Gasteiger partial charge is 0.339 e. The maximum absolute atomic E-state index is 5.60. The van der Waals surface area contributed by atoms with Crippen LogP contribution >= 0.6 is 0 Å². The Labute approximate surface area is 71.1 Å². The first kappa shape index (κ1) is 7.73. The fourth-order valence-electron chi connectivity index (χ4n) is 1.13. The molecule has 66 valence electrons. The predicted molar refractivity (Wildman–Crippen MR) is 43.6 cm³/mol. The molecule has 0 aliphatic heterocycles. The molecule has 0 amide bonds. The lowest BCUT2D eigenvalue weighted by Gasteiger charge is -1.96. The third-order valence-electron chi connectivity index (χ3n) is 1.92. The van der Waals surface area contributed by atoms with Crippen molar-refractivity contribution in [3.63, 3.8) is 0 Å². The third-order valence-corrected chi connectivity index (χ3v) is 1.92. The molecule has 0 bridgehead atoms. The van der Waals surface area contributed by atoms with E-state index in [4.69, 9.17) is 10.3 Å². The van der Waals surface area contributed by atoms with Crippen LogP contribution in [-0.2, 0) is 6.42 Å². The molecule has 1 unspecified atom stereocenters. The molecule has 0 radical (unpaired) electrons. The summed E-state index contributed by atoms with van der Waals surface area (Å²) in [6.45, 7) is 1.93. The fourth-order valence-corrected chi connectivity index (χ4v) is 1.13. The Kier molecular flexibility index (Phi) is 1.84. The van der Waals surface area contributed by atoms with Crippen molar-refractivity contribution in [3.8, 4) is 0 Å². The lowest BCUT2D eigenvalue weighted by molar-refractivity contribution is 0.366. The van der Waals surface area contributed by atoms with Crippen LogP contribution in [0, 0.1) is 0 Å². The summed E-state index contributed by atoms with van der Waals surface area (Å²) in [5.41, 5.74) is 5.60. The molecule has 2 rings (SSSR count). The van der Waals surface area contributed by atoms with Crippen LogP contribution in [0.4, 0.5) is 0 Å². The Hall–Kier alpha value is -0.900. The topological polar surface area (TPSA) is 64.9 Å². The second-order valence-corrected chi connectivity index (χ2v) is 3.50. The van der Waals surface area contributed by atoms with Gasteiger partial charge in [-0.2, -0.15) is 4.98 Å². The minimum Gasteiger partial charge on any atom is -0.339 e. The van der Waals surface area contributed by atoms with Crippen LogP contribution in [0.1, 0.15) is 37.4 Å². The SMILES string of the molecule is CC(N)Cc1nc(C2CC2)no1. The van der Waals surface area contributed by atoms with E-state index in [1.54, 1.807) is 0 Å². The molecule has 1 aliphatic rings. The monoisotopic (exact) mass is 167 g/mol. The number of nitrogens with two attached hydrogens (primary N) is 1. The average molecular weight is 167 g/mol.